The quantitative estimate of drug-likeness (QED) is 0.343. The van der Waals surface area contributed by atoms with E-state index in [1.807, 2.05) is 60.2 Å². The van der Waals surface area contributed by atoms with Gasteiger partial charge >= 0.3 is 0 Å². The van der Waals surface area contributed by atoms with Gasteiger partial charge in [-0.05, 0) is 61.5 Å². The predicted molar refractivity (Wildman–Crippen MR) is 124 cm³/mol. The first-order valence-corrected chi connectivity index (χ1v) is 10.8. The molecule has 31 heavy (non-hydrogen) atoms. The van der Waals surface area contributed by atoms with Crippen molar-refractivity contribution in [1.29, 1.82) is 0 Å². The Morgan fingerprint density at radius 1 is 1.19 bits per heavy atom. The summed E-state index contributed by atoms with van der Waals surface area (Å²) in [6.07, 6.45) is 3.11. The van der Waals surface area contributed by atoms with Gasteiger partial charge in [0.1, 0.15) is 5.75 Å². The molecule has 0 aliphatic carbocycles. The Labute approximate surface area is 185 Å². The Kier molecular flexibility index (Phi) is 6.47. The Balaban J connectivity index is 1.33. The average Bonchev–Trinajstić information content (AvgIpc) is 3.36. The molecule has 2 heterocycles. The number of H-pyrrole nitrogens is 2. The summed E-state index contributed by atoms with van der Waals surface area (Å²) in [5, 5.41) is 11.4. The topological polar surface area (TPSA) is 87.7 Å². The van der Waals surface area contributed by atoms with Crippen LogP contribution in [-0.2, 0) is 17.8 Å². The molecule has 7 nitrogen and oxygen atoms in total. The number of fused-ring (bicyclic) bond motifs is 1. The van der Waals surface area contributed by atoms with E-state index in [0.29, 0.717) is 36.7 Å². The molecule has 3 N–H and O–H groups in total. The number of rotatable bonds is 9. The second-order valence-electron chi connectivity index (χ2n) is 7.17. The van der Waals surface area contributed by atoms with E-state index in [1.54, 1.807) is 0 Å². The number of nitrogens with zero attached hydrogens (tertiary/aromatic N) is 2. The number of nitrogens with one attached hydrogen (secondary N) is 3. The summed E-state index contributed by atoms with van der Waals surface area (Å²) < 4.78 is 7.84. The lowest BCUT2D eigenvalue weighted by atomic mass is 10.1. The fourth-order valence-corrected chi connectivity index (χ4v) is 3.81. The van der Waals surface area contributed by atoms with Crippen molar-refractivity contribution in [2.24, 2.45) is 0 Å². The summed E-state index contributed by atoms with van der Waals surface area (Å²) in [6.45, 7) is 3.61. The Morgan fingerprint density at radius 3 is 2.81 bits per heavy atom. The van der Waals surface area contributed by atoms with Gasteiger partial charge in [-0.3, -0.25) is 14.5 Å². The molecule has 0 bridgehead atoms. The Hall–Kier alpha value is -3.39. The lowest BCUT2D eigenvalue weighted by Crippen LogP contribution is -2.26. The van der Waals surface area contributed by atoms with Gasteiger partial charge in [-0.1, -0.05) is 18.2 Å². The van der Waals surface area contributed by atoms with Crippen LogP contribution >= 0.6 is 12.2 Å². The number of carbonyl (C=O) groups is 1. The van der Waals surface area contributed by atoms with Gasteiger partial charge < -0.3 is 15.0 Å². The molecule has 0 fully saturated rings. The van der Waals surface area contributed by atoms with E-state index in [0.717, 1.165) is 23.3 Å². The van der Waals surface area contributed by atoms with Crippen molar-refractivity contribution < 1.29 is 9.53 Å². The molecular formula is C23H25N5O2S. The van der Waals surface area contributed by atoms with E-state index < -0.39 is 0 Å². The number of hydrogen-bond acceptors (Lipinski definition) is 4. The molecule has 2 aromatic heterocycles. The van der Waals surface area contributed by atoms with Gasteiger partial charge in [-0.2, -0.15) is 5.10 Å². The molecule has 0 atom stereocenters. The third-order valence-electron chi connectivity index (χ3n) is 5.14. The first kappa shape index (κ1) is 20.9. The molecule has 2 aromatic carbocycles. The molecule has 0 unspecified atom stereocenters. The fourth-order valence-electron chi connectivity index (χ4n) is 3.59. The number of ether oxygens (including phenoxy) is 1. The van der Waals surface area contributed by atoms with Crippen molar-refractivity contribution in [3.8, 4) is 17.1 Å². The molecule has 160 valence electrons. The summed E-state index contributed by atoms with van der Waals surface area (Å²) in [7, 11) is 0. The number of aromatic amines is 2. The number of carbonyl (C=O) groups excluding carboxylic acids is 1. The number of para-hydroxylation sites is 1. The number of amides is 1. The van der Waals surface area contributed by atoms with Gasteiger partial charge in [0, 0.05) is 42.2 Å². The van der Waals surface area contributed by atoms with Crippen LogP contribution in [0.5, 0.6) is 5.75 Å². The standard InChI is InChI=1S/C23H25N5O2S/c1-2-30-18-9-7-16(8-10-18)22-26-27-23(31)28(22)14-12-21(29)24-13-11-17-15-25-20-6-4-3-5-19(17)20/h3-10,15,25H,2,11-14H2,1H3,(H,24,29)(H,27,31). The SMILES string of the molecule is CCOc1ccc(-c2n[nH]c(=S)n2CCC(=O)NCCc2c[nH]c3ccccc23)cc1. The van der Waals surface area contributed by atoms with Crippen LogP contribution in [0.2, 0.25) is 0 Å². The molecule has 0 aliphatic heterocycles. The molecule has 0 spiro atoms. The molecule has 8 heteroatoms. The summed E-state index contributed by atoms with van der Waals surface area (Å²) in [4.78, 5) is 15.7. The maximum Gasteiger partial charge on any atom is 0.221 e. The maximum atomic E-state index is 12.4. The highest BCUT2D eigenvalue weighted by Gasteiger charge is 2.11. The first-order chi connectivity index (χ1) is 15.2. The monoisotopic (exact) mass is 435 g/mol. The van der Waals surface area contributed by atoms with Gasteiger partial charge in [0.2, 0.25) is 5.91 Å². The summed E-state index contributed by atoms with van der Waals surface area (Å²) in [6, 6.07) is 15.8. The largest absolute Gasteiger partial charge is 0.494 e. The van der Waals surface area contributed by atoms with Crippen LogP contribution in [0.4, 0.5) is 0 Å². The second-order valence-corrected chi connectivity index (χ2v) is 7.56. The third kappa shape index (κ3) is 4.86. The number of benzene rings is 2. The van der Waals surface area contributed by atoms with Crippen LogP contribution in [0.25, 0.3) is 22.3 Å². The van der Waals surface area contributed by atoms with E-state index >= 15 is 0 Å². The zero-order chi connectivity index (χ0) is 21.6. The Bertz CT molecular complexity index is 1220. The molecule has 0 aliphatic rings. The van der Waals surface area contributed by atoms with Crippen LogP contribution in [0.3, 0.4) is 0 Å². The normalized spacial score (nSPS) is 11.0. The third-order valence-corrected chi connectivity index (χ3v) is 5.45. The Morgan fingerprint density at radius 2 is 2.00 bits per heavy atom. The zero-order valence-corrected chi connectivity index (χ0v) is 18.2. The predicted octanol–water partition coefficient (Wildman–Crippen LogP) is 4.24. The molecule has 4 aromatic rings. The van der Waals surface area contributed by atoms with E-state index in [2.05, 4.69) is 26.6 Å². The molecule has 4 rings (SSSR count). The van der Waals surface area contributed by atoms with Gasteiger partial charge in [0.25, 0.3) is 0 Å². The second kappa shape index (κ2) is 9.61. The van der Waals surface area contributed by atoms with Crippen molar-refractivity contribution in [2.75, 3.05) is 13.2 Å². The molecule has 1 amide bonds. The highest BCUT2D eigenvalue weighted by Crippen LogP contribution is 2.21. The lowest BCUT2D eigenvalue weighted by molar-refractivity contribution is -0.121. The molecule has 0 saturated heterocycles. The smallest absolute Gasteiger partial charge is 0.221 e. The van der Waals surface area contributed by atoms with Crippen LogP contribution in [0.1, 0.15) is 18.9 Å². The van der Waals surface area contributed by atoms with E-state index in [1.165, 1.54) is 10.9 Å². The number of hydrogen-bond donors (Lipinski definition) is 3. The van der Waals surface area contributed by atoms with Crippen LogP contribution in [0, 0.1) is 4.77 Å². The van der Waals surface area contributed by atoms with Crippen molar-refractivity contribution >= 4 is 29.0 Å². The highest BCUT2D eigenvalue weighted by atomic mass is 32.1. The summed E-state index contributed by atoms with van der Waals surface area (Å²) in [5.41, 5.74) is 3.22. The van der Waals surface area contributed by atoms with E-state index in [9.17, 15) is 4.79 Å². The zero-order valence-electron chi connectivity index (χ0n) is 17.4. The number of aromatic nitrogens is 4. The summed E-state index contributed by atoms with van der Waals surface area (Å²) >= 11 is 5.36. The minimum Gasteiger partial charge on any atom is -0.494 e. The fraction of sp³-hybridized carbons (Fsp3) is 0.261. The van der Waals surface area contributed by atoms with Crippen LogP contribution < -0.4 is 10.1 Å². The van der Waals surface area contributed by atoms with Crippen molar-refractivity contribution in [1.82, 2.24) is 25.1 Å². The molecule has 0 radical (unpaired) electrons. The minimum absolute atomic E-state index is 0.0133. The van der Waals surface area contributed by atoms with Crippen molar-refractivity contribution in [3.63, 3.8) is 0 Å². The highest BCUT2D eigenvalue weighted by molar-refractivity contribution is 7.71. The van der Waals surface area contributed by atoms with Gasteiger partial charge in [0.05, 0.1) is 6.61 Å². The molecular weight excluding hydrogens is 410 g/mol. The average molecular weight is 436 g/mol. The van der Waals surface area contributed by atoms with E-state index in [4.69, 9.17) is 17.0 Å². The van der Waals surface area contributed by atoms with Crippen LogP contribution in [-0.4, -0.2) is 38.8 Å². The van der Waals surface area contributed by atoms with Gasteiger partial charge in [-0.15, -0.1) is 0 Å². The van der Waals surface area contributed by atoms with Crippen molar-refractivity contribution in [2.45, 2.75) is 26.3 Å². The van der Waals surface area contributed by atoms with Gasteiger partial charge in [-0.25, -0.2) is 0 Å². The van der Waals surface area contributed by atoms with Gasteiger partial charge in [0.15, 0.2) is 10.6 Å². The minimum atomic E-state index is -0.0133. The molecule has 0 saturated carbocycles. The van der Waals surface area contributed by atoms with E-state index in [-0.39, 0.29) is 5.91 Å². The maximum absolute atomic E-state index is 12.4. The first-order valence-electron chi connectivity index (χ1n) is 10.4. The lowest BCUT2D eigenvalue weighted by Gasteiger charge is -2.09. The van der Waals surface area contributed by atoms with Crippen molar-refractivity contribution in [3.05, 3.63) is 65.1 Å². The van der Waals surface area contributed by atoms with Crippen LogP contribution in [0.15, 0.2) is 54.7 Å². The summed E-state index contributed by atoms with van der Waals surface area (Å²) in [5.74, 6) is 1.50.